The van der Waals surface area contributed by atoms with Crippen LogP contribution in [0.15, 0.2) is 48.5 Å². The molecule has 2 aromatic rings. The molecular weight excluding hydrogens is 443 g/mol. The Morgan fingerprint density at radius 2 is 1.75 bits per heavy atom. The summed E-state index contributed by atoms with van der Waals surface area (Å²) in [7, 11) is 4.80. The predicted octanol–water partition coefficient (Wildman–Crippen LogP) is 2.85. The Morgan fingerprint density at radius 3 is 2.38 bits per heavy atom. The Hall–Kier alpha value is -1.67. The van der Waals surface area contributed by atoms with Crippen LogP contribution in [0.2, 0.25) is 0 Å². The third-order valence-electron chi connectivity index (χ3n) is 3.18. The third kappa shape index (κ3) is 4.91. The van der Waals surface area contributed by atoms with Crippen molar-refractivity contribution in [1.82, 2.24) is 0 Å². The standard InChI is InChI=1S/C18H17ClO4Te/c1-21-13-5-4-6-14(10-13)24-17(11-18(19)20)12-7-8-15(22-2)16(9-12)23-3/h4-11H,1-3H3/b17-11-. The molecule has 126 valence electrons. The van der Waals surface area contributed by atoms with Crippen LogP contribution in [0.3, 0.4) is 0 Å². The average Bonchev–Trinajstić information content (AvgIpc) is 2.60. The Balaban J connectivity index is 2.40. The molecule has 0 bridgehead atoms. The summed E-state index contributed by atoms with van der Waals surface area (Å²) < 4.78 is 17.9. The van der Waals surface area contributed by atoms with Gasteiger partial charge in [0.1, 0.15) is 0 Å². The molecule has 0 aliphatic heterocycles. The SMILES string of the molecule is COc1cccc([Te]/C(=C\C(=O)Cl)c2ccc(OC)c(OC)c2)c1. The van der Waals surface area contributed by atoms with Gasteiger partial charge >= 0.3 is 157 Å². The summed E-state index contributed by atoms with van der Waals surface area (Å²) in [4.78, 5) is 11.4. The Morgan fingerprint density at radius 1 is 1.00 bits per heavy atom. The van der Waals surface area contributed by atoms with Crippen molar-refractivity contribution in [2.45, 2.75) is 0 Å². The Bertz CT molecular complexity index is 758. The molecule has 0 saturated carbocycles. The van der Waals surface area contributed by atoms with Gasteiger partial charge in [0.05, 0.1) is 0 Å². The second-order valence-electron chi connectivity index (χ2n) is 4.66. The summed E-state index contributed by atoms with van der Waals surface area (Å²) in [5.74, 6) is 2.04. The zero-order chi connectivity index (χ0) is 17.5. The van der Waals surface area contributed by atoms with Crippen LogP contribution in [0.25, 0.3) is 3.62 Å². The van der Waals surface area contributed by atoms with E-state index in [0.717, 1.165) is 18.5 Å². The van der Waals surface area contributed by atoms with Crippen molar-refractivity contribution >= 4 is 45.0 Å². The van der Waals surface area contributed by atoms with Crippen LogP contribution in [0.5, 0.6) is 17.2 Å². The summed E-state index contributed by atoms with van der Waals surface area (Å²) in [5, 5.41) is -0.493. The minimum absolute atomic E-state index is 0.493. The first-order valence-electron chi connectivity index (χ1n) is 7.03. The molecule has 0 aromatic heterocycles. The van der Waals surface area contributed by atoms with E-state index in [9.17, 15) is 4.79 Å². The fourth-order valence-electron chi connectivity index (χ4n) is 2.06. The number of ether oxygens (including phenoxy) is 3. The van der Waals surface area contributed by atoms with Gasteiger partial charge in [-0.05, 0) is 0 Å². The molecular formula is C18H17ClO4Te. The number of hydrogen-bond acceptors (Lipinski definition) is 4. The van der Waals surface area contributed by atoms with Gasteiger partial charge in [0, 0.05) is 0 Å². The van der Waals surface area contributed by atoms with Crippen LogP contribution < -0.4 is 17.8 Å². The van der Waals surface area contributed by atoms with Crippen molar-refractivity contribution in [1.29, 1.82) is 0 Å². The molecule has 0 fully saturated rings. The molecule has 0 amide bonds. The molecule has 0 saturated heterocycles. The molecule has 0 unspecified atom stereocenters. The normalized spacial score (nSPS) is 11.1. The number of rotatable bonds is 7. The van der Waals surface area contributed by atoms with E-state index in [-0.39, 0.29) is 0 Å². The average molecular weight is 460 g/mol. The number of benzene rings is 2. The molecule has 0 heterocycles. The molecule has 0 N–H and O–H groups in total. The first-order chi connectivity index (χ1) is 11.6. The van der Waals surface area contributed by atoms with E-state index in [4.69, 9.17) is 25.8 Å². The maximum absolute atomic E-state index is 11.4. The molecule has 2 aromatic carbocycles. The molecule has 0 spiro atoms. The van der Waals surface area contributed by atoms with Gasteiger partial charge in [0.25, 0.3) is 0 Å². The number of methoxy groups -OCH3 is 3. The van der Waals surface area contributed by atoms with E-state index in [1.807, 2.05) is 42.5 Å². The summed E-state index contributed by atoms with van der Waals surface area (Å²) in [6.45, 7) is 0. The van der Waals surface area contributed by atoms with Crippen LogP contribution in [0, 0.1) is 0 Å². The van der Waals surface area contributed by atoms with Crippen molar-refractivity contribution in [2.24, 2.45) is 0 Å². The third-order valence-corrected chi connectivity index (χ3v) is 6.32. The van der Waals surface area contributed by atoms with Gasteiger partial charge < -0.3 is 0 Å². The van der Waals surface area contributed by atoms with E-state index < -0.39 is 26.2 Å². The first-order valence-corrected chi connectivity index (χ1v) is 9.73. The van der Waals surface area contributed by atoms with Gasteiger partial charge in [-0.1, -0.05) is 0 Å². The van der Waals surface area contributed by atoms with E-state index in [1.54, 1.807) is 21.3 Å². The van der Waals surface area contributed by atoms with E-state index in [2.05, 4.69) is 0 Å². The van der Waals surface area contributed by atoms with Gasteiger partial charge in [-0.25, -0.2) is 0 Å². The maximum atomic E-state index is 11.4. The molecule has 2 rings (SSSR count). The molecule has 0 aliphatic rings. The van der Waals surface area contributed by atoms with Crippen molar-refractivity contribution in [3.8, 4) is 17.2 Å². The van der Waals surface area contributed by atoms with Gasteiger partial charge in [0.15, 0.2) is 0 Å². The Labute approximate surface area is 156 Å². The van der Waals surface area contributed by atoms with E-state index in [0.29, 0.717) is 11.5 Å². The minimum atomic E-state index is -0.838. The summed E-state index contributed by atoms with van der Waals surface area (Å²) in [6.07, 6.45) is 1.48. The van der Waals surface area contributed by atoms with Crippen LogP contribution in [0.1, 0.15) is 5.56 Å². The summed E-state index contributed by atoms with van der Waals surface area (Å²) >= 11 is 4.77. The molecule has 6 heteroatoms. The Kier molecular flexibility index (Phi) is 6.98. The second kappa shape index (κ2) is 8.98. The van der Waals surface area contributed by atoms with Crippen LogP contribution >= 0.6 is 11.6 Å². The fraction of sp³-hybridized carbons (Fsp3) is 0.167. The molecule has 0 radical (unpaired) electrons. The van der Waals surface area contributed by atoms with Gasteiger partial charge in [-0.3, -0.25) is 0 Å². The predicted molar refractivity (Wildman–Crippen MR) is 96.8 cm³/mol. The number of carbonyl (C=O) groups is 1. The monoisotopic (exact) mass is 462 g/mol. The number of carbonyl (C=O) groups excluding carboxylic acids is 1. The fourth-order valence-corrected chi connectivity index (χ4v) is 5.18. The number of hydrogen-bond donors (Lipinski definition) is 0. The summed E-state index contributed by atoms with van der Waals surface area (Å²) in [6, 6.07) is 13.4. The first kappa shape index (κ1) is 18.7. The van der Waals surface area contributed by atoms with Gasteiger partial charge in [-0.15, -0.1) is 0 Å². The zero-order valence-corrected chi connectivity index (χ0v) is 16.6. The van der Waals surface area contributed by atoms with Crippen LogP contribution in [-0.2, 0) is 4.79 Å². The summed E-state index contributed by atoms with van der Waals surface area (Å²) in [5.41, 5.74) is 0.895. The van der Waals surface area contributed by atoms with E-state index in [1.165, 1.54) is 6.08 Å². The molecule has 24 heavy (non-hydrogen) atoms. The van der Waals surface area contributed by atoms with Crippen molar-refractivity contribution in [3.05, 3.63) is 54.1 Å². The van der Waals surface area contributed by atoms with E-state index >= 15 is 0 Å². The topological polar surface area (TPSA) is 44.8 Å². The van der Waals surface area contributed by atoms with Crippen LogP contribution in [-0.4, -0.2) is 47.5 Å². The van der Waals surface area contributed by atoms with Crippen LogP contribution in [0.4, 0.5) is 0 Å². The number of halogens is 1. The van der Waals surface area contributed by atoms with Crippen molar-refractivity contribution < 1.29 is 19.0 Å². The quantitative estimate of drug-likeness (QED) is 0.362. The van der Waals surface area contributed by atoms with Crippen molar-refractivity contribution in [2.75, 3.05) is 21.3 Å². The van der Waals surface area contributed by atoms with Gasteiger partial charge in [-0.2, -0.15) is 0 Å². The van der Waals surface area contributed by atoms with Crippen molar-refractivity contribution in [3.63, 3.8) is 0 Å². The van der Waals surface area contributed by atoms with Gasteiger partial charge in [0.2, 0.25) is 0 Å². The second-order valence-corrected chi connectivity index (χ2v) is 8.22. The molecule has 0 atom stereocenters. The zero-order valence-electron chi connectivity index (χ0n) is 13.5. The number of allylic oxidation sites excluding steroid dienone is 1. The molecule has 4 nitrogen and oxygen atoms in total. The molecule has 0 aliphatic carbocycles.